The molecule has 1 aromatic rings. The summed E-state index contributed by atoms with van der Waals surface area (Å²) >= 11 is 0. The number of likely N-dealkylation sites (tertiary alicyclic amines) is 1. The van der Waals surface area contributed by atoms with E-state index in [9.17, 15) is 0 Å². The molecule has 3 heteroatoms. The van der Waals surface area contributed by atoms with Gasteiger partial charge in [-0.2, -0.15) is 5.26 Å². The molecular weight excluding hydrogens is 246 g/mol. The van der Waals surface area contributed by atoms with E-state index in [-0.39, 0.29) is 0 Å². The second kappa shape index (κ2) is 8.04. The van der Waals surface area contributed by atoms with Gasteiger partial charge in [-0.1, -0.05) is 19.1 Å². The summed E-state index contributed by atoms with van der Waals surface area (Å²) in [6.45, 7) is 7.94. The van der Waals surface area contributed by atoms with Crippen molar-refractivity contribution in [3.8, 4) is 6.07 Å². The number of nitriles is 1. The van der Waals surface area contributed by atoms with Crippen molar-refractivity contribution in [2.45, 2.75) is 32.7 Å². The monoisotopic (exact) mass is 271 g/mol. The number of piperidine rings is 1. The molecule has 2 rings (SSSR count). The van der Waals surface area contributed by atoms with E-state index in [1.807, 2.05) is 12.1 Å². The van der Waals surface area contributed by atoms with Gasteiger partial charge in [0.05, 0.1) is 11.6 Å². The average molecular weight is 271 g/mol. The zero-order valence-electron chi connectivity index (χ0n) is 12.4. The Labute approximate surface area is 122 Å². The second-order valence-electron chi connectivity index (χ2n) is 5.73. The van der Waals surface area contributed by atoms with Gasteiger partial charge in [0.2, 0.25) is 0 Å². The molecule has 1 aromatic carbocycles. The van der Waals surface area contributed by atoms with E-state index in [1.165, 1.54) is 44.5 Å². The van der Waals surface area contributed by atoms with Crippen LogP contribution in [-0.2, 0) is 6.54 Å². The third-order valence-corrected chi connectivity index (χ3v) is 4.06. The van der Waals surface area contributed by atoms with Crippen LogP contribution in [0, 0.1) is 17.2 Å². The van der Waals surface area contributed by atoms with E-state index in [0.717, 1.165) is 24.6 Å². The Kier molecular flexibility index (Phi) is 6.04. The normalized spacial score (nSPS) is 17.0. The molecule has 0 radical (unpaired) electrons. The van der Waals surface area contributed by atoms with Crippen LogP contribution >= 0.6 is 0 Å². The third kappa shape index (κ3) is 4.63. The molecule has 20 heavy (non-hydrogen) atoms. The Hall–Kier alpha value is -1.37. The fourth-order valence-corrected chi connectivity index (χ4v) is 2.77. The minimum absolute atomic E-state index is 0.745. The molecule has 1 heterocycles. The fraction of sp³-hybridized carbons (Fsp3) is 0.588. The smallest absolute Gasteiger partial charge is 0.0991 e. The summed E-state index contributed by atoms with van der Waals surface area (Å²) in [5.74, 6) is 0.846. The molecule has 1 aliphatic rings. The minimum Gasteiger partial charge on any atom is -0.316 e. The lowest BCUT2D eigenvalue weighted by Crippen LogP contribution is -2.37. The number of nitrogens with one attached hydrogen (secondary N) is 1. The van der Waals surface area contributed by atoms with Crippen molar-refractivity contribution in [1.82, 2.24) is 10.2 Å². The molecule has 0 atom stereocenters. The topological polar surface area (TPSA) is 39.1 Å². The molecular formula is C17H25N3. The first kappa shape index (κ1) is 15.0. The molecule has 0 unspecified atom stereocenters. The lowest BCUT2D eigenvalue weighted by atomic mass is 9.96. The molecule has 1 saturated heterocycles. The summed E-state index contributed by atoms with van der Waals surface area (Å²) in [4.78, 5) is 2.53. The van der Waals surface area contributed by atoms with Gasteiger partial charge in [-0.3, -0.25) is 4.90 Å². The SMILES string of the molecule is CCCNCC1CCN(Cc2ccc(C#N)cc2)CC1. The highest BCUT2D eigenvalue weighted by Crippen LogP contribution is 2.18. The second-order valence-corrected chi connectivity index (χ2v) is 5.73. The first-order chi connectivity index (χ1) is 9.81. The van der Waals surface area contributed by atoms with E-state index in [1.54, 1.807) is 0 Å². The molecule has 0 spiro atoms. The molecule has 0 aromatic heterocycles. The molecule has 3 nitrogen and oxygen atoms in total. The van der Waals surface area contributed by atoms with Crippen molar-refractivity contribution in [2.24, 2.45) is 5.92 Å². The summed E-state index contributed by atoms with van der Waals surface area (Å²) in [7, 11) is 0. The largest absolute Gasteiger partial charge is 0.316 e. The molecule has 1 aliphatic heterocycles. The summed E-state index contributed by atoms with van der Waals surface area (Å²) in [6.07, 6.45) is 3.82. The maximum Gasteiger partial charge on any atom is 0.0991 e. The van der Waals surface area contributed by atoms with Gasteiger partial charge < -0.3 is 5.32 Å². The van der Waals surface area contributed by atoms with Crippen molar-refractivity contribution < 1.29 is 0 Å². The van der Waals surface area contributed by atoms with Crippen LogP contribution in [0.2, 0.25) is 0 Å². The third-order valence-electron chi connectivity index (χ3n) is 4.06. The van der Waals surface area contributed by atoms with Crippen molar-refractivity contribution in [1.29, 1.82) is 5.26 Å². The van der Waals surface area contributed by atoms with Crippen LogP contribution in [0.15, 0.2) is 24.3 Å². The standard InChI is InChI=1S/C17H25N3/c1-2-9-19-13-16-7-10-20(11-8-16)14-17-5-3-15(12-18)4-6-17/h3-6,16,19H,2,7-11,13-14H2,1H3. The molecule has 0 amide bonds. The lowest BCUT2D eigenvalue weighted by Gasteiger charge is -2.32. The maximum absolute atomic E-state index is 8.80. The van der Waals surface area contributed by atoms with E-state index in [4.69, 9.17) is 5.26 Å². The molecule has 108 valence electrons. The number of benzene rings is 1. The Bertz CT molecular complexity index is 425. The highest BCUT2D eigenvalue weighted by molar-refractivity contribution is 5.31. The van der Waals surface area contributed by atoms with Gasteiger partial charge in [-0.15, -0.1) is 0 Å². The van der Waals surface area contributed by atoms with Crippen LogP contribution in [0.25, 0.3) is 0 Å². The molecule has 1 N–H and O–H groups in total. The summed E-state index contributed by atoms with van der Waals surface area (Å²) in [6, 6.07) is 10.1. The van der Waals surface area contributed by atoms with Crippen molar-refractivity contribution in [3.05, 3.63) is 35.4 Å². The van der Waals surface area contributed by atoms with E-state index < -0.39 is 0 Å². The van der Waals surface area contributed by atoms with Gasteiger partial charge in [0, 0.05) is 6.54 Å². The Balaban J connectivity index is 1.72. The lowest BCUT2D eigenvalue weighted by molar-refractivity contribution is 0.175. The maximum atomic E-state index is 8.80. The zero-order chi connectivity index (χ0) is 14.2. The van der Waals surface area contributed by atoms with Gasteiger partial charge in [-0.05, 0) is 69.1 Å². The van der Waals surface area contributed by atoms with Gasteiger partial charge in [0.1, 0.15) is 0 Å². The highest BCUT2D eigenvalue weighted by Gasteiger charge is 2.18. The van der Waals surface area contributed by atoms with Crippen LogP contribution in [0.5, 0.6) is 0 Å². The number of nitrogens with zero attached hydrogens (tertiary/aromatic N) is 2. The van der Waals surface area contributed by atoms with Crippen molar-refractivity contribution in [2.75, 3.05) is 26.2 Å². The van der Waals surface area contributed by atoms with Crippen LogP contribution in [-0.4, -0.2) is 31.1 Å². The van der Waals surface area contributed by atoms with Crippen LogP contribution in [0.4, 0.5) is 0 Å². The molecule has 0 aliphatic carbocycles. The molecule has 1 fully saturated rings. The van der Waals surface area contributed by atoms with Gasteiger partial charge >= 0.3 is 0 Å². The Morgan fingerprint density at radius 1 is 1.25 bits per heavy atom. The zero-order valence-corrected chi connectivity index (χ0v) is 12.4. The number of hydrogen-bond acceptors (Lipinski definition) is 3. The van der Waals surface area contributed by atoms with E-state index >= 15 is 0 Å². The van der Waals surface area contributed by atoms with E-state index in [0.29, 0.717) is 0 Å². The first-order valence-corrected chi connectivity index (χ1v) is 7.74. The first-order valence-electron chi connectivity index (χ1n) is 7.74. The summed E-state index contributed by atoms with van der Waals surface area (Å²) in [5, 5.41) is 12.3. The van der Waals surface area contributed by atoms with Gasteiger partial charge in [0.25, 0.3) is 0 Å². The van der Waals surface area contributed by atoms with Crippen LogP contribution in [0.3, 0.4) is 0 Å². The molecule has 0 saturated carbocycles. The van der Waals surface area contributed by atoms with Crippen LogP contribution < -0.4 is 5.32 Å². The van der Waals surface area contributed by atoms with E-state index in [2.05, 4.69) is 35.3 Å². The van der Waals surface area contributed by atoms with Gasteiger partial charge in [-0.25, -0.2) is 0 Å². The predicted molar refractivity (Wildman–Crippen MR) is 82.3 cm³/mol. The summed E-state index contributed by atoms with van der Waals surface area (Å²) in [5.41, 5.74) is 2.06. The van der Waals surface area contributed by atoms with Gasteiger partial charge in [0.15, 0.2) is 0 Å². The average Bonchev–Trinajstić information content (AvgIpc) is 2.50. The summed E-state index contributed by atoms with van der Waals surface area (Å²) < 4.78 is 0. The Morgan fingerprint density at radius 3 is 2.55 bits per heavy atom. The van der Waals surface area contributed by atoms with Crippen LogP contribution in [0.1, 0.15) is 37.3 Å². The van der Waals surface area contributed by atoms with Crippen molar-refractivity contribution >= 4 is 0 Å². The number of rotatable bonds is 6. The minimum atomic E-state index is 0.745. The molecule has 0 bridgehead atoms. The fourth-order valence-electron chi connectivity index (χ4n) is 2.77. The Morgan fingerprint density at radius 2 is 1.95 bits per heavy atom. The highest BCUT2D eigenvalue weighted by atomic mass is 15.1. The number of hydrogen-bond donors (Lipinski definition) is 1. The quantitative estimate of drug-likeness (QED) is 0.809. The van der Waals surface area contributed by atoms with Crippen molar-refractivity contribution in [3.63, 3.8) is 0 Å². The predicted octanol–water partition coefficient (Wildman–Crippen LogP) is 2.77.